The van der Waals surface area contributed by atoms with Crippen LogP contribution < -0.4 is 16.0 Å². The van der Waals surface area contributed by atoms with Crippen molar-refractivity contribution in [1.82, 2.24) is 9.13 Å². The van der Waals surface area contributed by atoms with Crippen LogP contribution in [0.15, 0.2) is 101 Å². The minimum absolute atomic E-state index is 0.173. The van der Waals surface area contributed by atoms with Gasteiger partial charge in [-0.2, -0.15) is 0 Å². The Balaban J connectivity index is 1.89. The predicted molar refractivity (Wildman–Crippen MR) is 122 cm³/mol. The fourth-order valence-corrected chi connectivity index (χ4v) is 3.82. The third-order valence-electron chi connectivity index (χ3n) is 5.35. The molecule has 4 rings (SSSR count). The standard InChI is InChI=1S/C26H24N2O3/c1-19-17-27(24(21-11-5-3-6-12-21)22-13-7-4-8-14-22)26(30)28(25(19)29)18-20-10-9-15-23(16-20)31-2/h3-17,24H,18H2,1-2H3. The lowest BCUT2D eigenvalue weighted by atomic mass is 9.98. The molecule has 0 aliphatic heterocycles. The van der Waals surface area contributed by atoms with Gasteiger partial charge in [0.2, 0.25) is 0 Å². The molecular weight excluding hydrogens is 388 g/mol. The summed E-state index contributed by atoms with van der Waals surface area (Å²) < 4.78 is 8.23. The van der Waals surface area contributed by atoms with Gasteiger partial charge in [-0.3, -0.25) is 13.9 Å². The highest BCUT2D eigenvalue weighted by molar-refractivity contribution is 5.33. The lowest BCUT2D eigenvalue weighted by molar-refractivity contribution is 0.414. The molecule has 4 aromatic rings. The Morgan fingerprint density at radius 3 is 2.03 bits per heavy atom. The second-order valence-electron chi connectivity index (χ2n) is 7.47. The van der Waals surface area contributed by atoms with E-state index in [-0.39, 0.29) is 23.8 Å². The van der Waals surface area contributed by atoms with E-state index in [1.165, 1.54) is 4.57 Å². The molecule has 0 saturated carbocycles. The monoisotopic (exact) mass is 412 g/mol. The van der Waals surface area contributed by atoms with E-state index < -0.39 is 0 Å². The molecule has 0 bridgehead atoms. The largest absolute Gasteiger partial charge is 0.497 e. The number of nitrogens with zero attached hydrogens (tertiary/aromatic N) is 2. The first-order chi connectivity index (χ1) is 15.1. The predicted octanol–water partition coefficient (Wildman–Crippen LogP) is 4.01. The number of hydrogen-bond donors (Lipinski definition) is 0. The van der Waals surface area contributed by atoms with E-state index in [0.717, 1.165) is 16.7 Å². The molecule has 0 atom stereocenters. The highest BCUT2D eigenvalue weighted by atomic mass is 16.5. The van der Waals surface area contributed by atoms with Crippen molar-refractivity contribution in [1.29, 1.82) is 0 Å². The molecule has 0 amide bonds. The van der Waals surface area contributed by atoms with Crippen LogP contribution in [0, 0.1) is 6.92 Å². The zero-order valence-corrected chi connectivity index (χ0v) is 17.6. The molecule has 0 fully saturated rings. The molecule has 0 aliphatic rings. The first-order valence-electron chi connectivity index (χ1n) is 10.1. The van der Waals surface area contributed by atoms with Gasteiger partial charge in [0.25, 0.3) is 5.56 Å². The summed E-state index contributed by atoms with van der Waals surface area (Å²) in [6.07, 6.45) is 1.66. The summed E-state index contributed by atoms with van der Waals surface area (Å²) in [7, 11) is 1.59. The summed E-state index contributed by atoms with van der Waals surface area (Å²) >= 11 is 0. The van der Waals surface area contributed by atoms with Crippen molar-refractivity contribution in [3.63, 3.8) is 0 Å². The molecule has 5 heteroatoms. The zero-order chi connectivity index (χ0) is 21.8. The number of rotatable bonds is 6. The zero-order valence-electron chi connectivity index (χ0n) is 17.6. The van der Waals surface area contributed by atoms with Gasteiger partial charge in [-0.05, 0) is 35.7 Å². The summed E-state index contributed by atoms with van der Waals surface area (Å²) in [6, 6.07) is 26.8. The van der Waals surface area contributed by atoms with Crippen LogP contribution in [-0.2, 0) is 6.54 Å². The van der Waals surface area contributed by atoms with Crippen LogP contribution >= 0.6 is 0 Å². The number of hydrogen-bond acceptors (Lipinski definition) is 3. The molecule has 1 aromatic heterocycles. The molecule has 1 heterocycles. The van der Waals surface area contributed by atoms with Crippen molar-refractivity contribution in [2.24, 2.45) is 0 Å². The van der Waals surface area contributed by atoms with Crippen LogP contribution in [0.3, 0.4) is 0 Å². The van der Waals surface area contributed by atoms with Gasteiger partial charge < -0.3 is 4.74 Å². The van der Waals surface area contributed by atoms with E-state index in [1.807, 2.05) is 84.9 Å². The van der Waals surface area contributed by atoms with E-state index in [0.29, 0.717) is 11.3 Å². The minimum atomic E-state index is -0.351. The van der Waals surface area contributed by atoms with Gasteiger partial charge >= 0.3 is 5.69 Å². The fraction of sp³-hybridized carbons (Fsp3) is 0.154. The van der Waals surface area contributed by atoms with Crippen LogP contribution in [0.4, 0.5) is 0 Å². The van der Waals surface area contributed by atoms with Gasteiger partial charge in [-0.1, -0.05) is 72.8 Å². The maximum absolute atomic E-state index is 13.6. The molecule has 5 nitrogen and oxygen atoms in total. The number of aryl methyl sites for hydroxylation is 1. The Morgan fingerprint density at radius 2 is 1.45 bits per heavy atom. The van der Waals surface area contributed by atoms with Crippen LogP contribution in [0.5, 0.6) is 5.75 Å². The van der Waals surface area contributed by atoms with E-state index >= 15 is 0 Å². The summed E-state index contributed by atoms with van der Waals surface area (Å²) in [5.41, 5.74) is 2.65. The Morgan fingerprint density at radius 1 is 0.839 bits per heavy atom. The fourth-order valence-electron chi connectivity index (χ4n) is 3.82. The Bertz CT molecular complexity index is 1250. The first-order valence-corrected chi connectivity index (χ1v) is 10.1. The number of benzene rings is 3. The average molecular weight is 412 g/mol. The lowest BCUT2D eigenvalue weighted by Gasteiger charge is -2.22. The van der Waals surface area contributed by atoms with Gasteiger partial charge in [0.1, 0.15) is 5.75 Å². The van der Waals surface area contributed by atoms with Gasteiger partial charge in [-0.15, -0.1) is 0 Å². The second kappa shape index (κ2) is 8.88. The minimum Gasteiger partial charge on any atom is -0.497 e. The van der Waals surface area contributed by atoms with Crippen molar-refractivity contribution < 1.29 is 4.74 Å². The van der Waals surface area contributed by atoms with Gasteiger partial charge in [0, 0.05) is 11.8 Å². The quantitative estimate of drug-likeness (QED) is 0.481. The van der Waals surface area contributed by atoms with E-state index in [4.69, 9.17) is 4.74 Å². The van der Waals surface area contributed by atoms with Gasteiger partial charge in [0.15, 0.2) is 0 Å². The third kappa shape index (κ3) is 4.21. The maximum atomic E-state index is 13.6. The summed E-state index contributed by atoms with van der Waals surface area (Å²) in [5.74, 6) is 0.685. The molecule has 0 N–H and O–H groups in total. The Hall–Kier alpha value is -3.86. The van der Waals surface area contributed by atoms with E-state index in [9.17, 15) is 9.59 Å². The molecule has 31 heavy (non-hydrogen) atoms. The summed E-state index contributed by atoms with van der Waals surface area (Å²) in [4.78, 5) is 26.5. The average Bonchev–Trinajstić information content (AvgIpc) is 2.82. The molecule has 0 radical (unpaired) electrons. The van der Waals surface area contributed by atoms with Crippen molar-refractivity contribution in [2.75, 3.05) is 7.11 Å². The normalized spacial score (nSPS) is 10.9. The molecule has 0 aliphatic carbocycles. The smallest absolute Gasteiger partial charge is 0.332 e. The SMILES string of the molecule is COc1cccc(Cn2c(=O)c(C)cn(C(c3ccccc3)c3ccccc3)c2=O)c1. The van der Waals surface area contributed by atoms with Crippen LogP contribution in [0.2, 0.25) is 0 Å². The van der Waals surface area contributed by atoms with Crippen molar-refractivity contribution in [2.45, 2.75) is 19.5 Å². The first kappa shape index (κ1) is 20.4. The van der Waals surface area contributed by atoms with E-state index in [1.54, 1.807) is 24.8 Å². The van der Waals surface area contributed by atoms with Gasteiger partial charge in [0.05, 0.1) is 19.7 Å². The van der Waals surface area contributed by atoms with Gasteiger partial charge in [-0.25, -0.2) is 4.79 Å². The van der Waals surface area contributed by atoms with Crippen molar-refractivity contribution in [3.05, 3.63) is 134 Å². The van der Waals surface area contributed by atoms with Crippen molar-refractivity contribution in [3.8, 4) is 5.75 Å². The number of aromatic nitrogens is 2. The molecule has 0 saturated heterocycles. The molecule has 0 unspecified atom stereocenters. The topological polar surface area (TPSA) is 53.2 Å². The van der Waals surface area contributed by atoms with Crippen LogP contribution in [0.25, 0.3) is 0 Å². The van der Waals surface area contributed by atoms with Crippen LogP contribution in [-0.4, -0.2) is 16.2 Å². The lowest BCUT2D eigenvalue weighted by Crippen LogP contribution is -2.42. The van der Waals surface area contributed by atoms with Crippen LogP contribution in [0.1, 0.15) is 28.3 Å². The highest BCUT2D eigenvalue weighted by Crippen LogP contribution is 2.25. The van der Waals surface area contributed by atoms with Crippen molar-refractivity contribution >= 4 is 0 Å². The maximum Gasteiger partial charge on any atom is 0.332 e. The third-order valence-corrected chi connectivity index (χ3v) is 5.35. The molecule has 3 aromatic carbocycles. The Labute approximate surface area is 180 Å². The second-order valence-corrected chi connectivity index (χ2v) is 7.47. The van der Waals surface area contributed by atoms with E-state index in [2.05, 4.69) is 0 Å². The number of ether oxygens (including phenoxy) is 1. The molecule has 0 spiro atoms. The highest BCUT2D eigenvalue weighted by Gasteiger charge is 2.20. The summed E-state index contributed by atoms with van der Waals surface area (Å²) in [6.45, 7) is 1.92. The molecule has 156 valence electrons. The Kier molecular flexibility index (Phi) is 5.85. The summed E-state index contributed by atoms with van der Waals surface area (Å²) in [5, 5.41) is 0. The number of methoxy groups -OCH3 is 1. The molecular formula is C26H24N2O3.